The normalized spacial score (nSPS) is 32.4. The van der Waals surface area contributed by atoms with Crippen LogP contribution in [0, 0.1) is 17.8 Å². The zero-order chi connectivity index (χ0) is 21.5. The number of alkyl halides is 3. The largest absolute Gasteiger partial charge is 0.492 e. The first-order valence-corrected chi connectivity index (χ1v) is 11.3. The van der Waals surface area contributed by atoms with Gasteiger partial charge in [0.1, 0.15) is 5.75 Å². The standard InChI is InChI=1S/C24H32F3NO2/c1-15-3-6-19(7-4-15)28-22(29)16(2)17-9-11-23(12-10-17)14-30-21-13-18(24(25,26)27)5-8-20(21)23/h5,8,13,15-17,19H,3-4,6-7,9-12,14H2,1-2H3,(H,28,29)/t15-,16?,17?,19-,23?. The van der Waals surface area contributed by atoms with E-state index in [1.54, 1.807) is 6.07 Å². The van der Waals surface area contributed by atoms with E-state index in [4.69, 9.17) is 4.74 Å². The van der Waals surface area contributed by atoms with Gasteiger partial charge in [-0.25, -0.2) is 0 Å². The Kier molecular flexibility index (Phi) is 5.80. The maximum atomic E-state index is 13.0. The topological polar surface area (TPSA) is 38.3 Å². The van der Waals surface area contributed by atoms with E-state index in [-0.39, 0.29) is 17.2 Å². The molecule has 1 N–H and O–H groups in total. The highest BCUT2D eigenvalue weighted by molar-refractivity contribution is 5.79. The predicted molar refractivity (Wildman–Crippen MR) is 109 cm³/mol. The number of nitrogens with one attached hydrogen (secondary N) is 1. The molecular weight excluding hydrogens is 391 g/mol. The highest BCUT2D eigenvalue weighted by Crippen LogP contribution is 2.51. The fraction of sp³-hybridized carbons (Fsp3) is 0.708. The zero-order valence-electron chi connectivity index (χ0n) is 17.9. The van der Waals surface area contributed by atoms with E-state index in [1.807, 2.05) is 6.92 Å². The number of hydrogen-bond donors (Lipinski definition) is 1. The molecule has 0 bridgehead atoms. The molecular formula is C24H32F3NO2. The number of hydrogen-bond acceptors (Lipinski definition) is 2. The Labute approximate surface area is 176 Å². The summed E-state index contributed by atoms with van der Waals surface area (Å²) >= 11 is 0. The van der Waals surface area contributed by atoms with Gasteiger partial charge < -0.3 is 10.1 Å². The second kappa shape index (κ2) is 8.08. The Morgan fingerprint density at radius 2 is 1.80 bits per heavy atom. The number of carbonyl (C=O) groups excluding carboxylic acids is 1. The molecule has 166 valence electrons. The van der Waals surface area contributed by atoms with Gasteiger partial charge >= 0.3 is 6.18 Å². The van der Waals surface area contributed by atoms with Gasteiger partial charge in [-0.3, -0.25) is 4.79 Å². The highest BCUT2D eigenvalue weighted by atomic mass is 19.4. The lowest BCUT2D eigenvalue weighted by atomic mass is 9.65. The van der Waals surface area contributed by atoms with E-state index in [1.165, 1.54) is 18.9 Å². The van der Waals surface area contributed by atoms with Crippen molar-refractivity contribution in [3.63, 3.8) is 0 Å². The van der Waals surface area contributed by atoms with E-state index in [0.717, 1.165) is 56.1 Å². The first-order valence-electron chi connectivity index (χ1n) is 11.3. The molecule has 2 fully saturated rings. The number of ether oxygens (including phenoxy) is 1. The molecule has 4 rings (SSSR count). The summed E-state index contributed by atoms with van der Waals surface area (Å²) in [5.74, 6) is 1.58. The van der Waals surface area contributed by atoms with Crippen LogP contribution in [0.4, 0.5) is 13.2 Å². The fourth-order valence-electron chi connectivity index (χ4n) is 5.61. The minimum absolute atomic E-state index is 0.0314. The van der Waals surface area contributed by atoms with E-state index in [9.17, 15) is 18.0 Å². The summed E-state index contributed by atoms with van der Waals surface area (Å²) in [6, 6.07) is 4.22. The number of amides is 1. The summed E-state index contributed by atoms with van der Waals surface area (Å²) in [5.41, 5.74) is 0.0443. The van der Waals surface area contributed by atoms with Crippen molar-refractivity contribution in [3.8, 4) is 5.75 Å². The minimum Gasteiger partial charge on any atom is -0.492 e. The summed E-state index contributed by atoms with van der Waals surface area (Å²) < 4.78 is 44.7. The van der Waals surface area contributed by atoms with Gasteiger partial charge in [0.25, 0.3) is 0 Å². The Balaban J connectivity index is 1.36. The van der Waals surface area contributed by atoms with Crippen LogP contribution in [-0.4, -0.2) is 18.6 Å². The van der Waals surface area contributed by atoms with Crippen molar-refractivity contribution in [3.05, 3.63) is 29.3 Å². The summed E-state index contributed by atoms with van der Waals surface area (Å²) in [6.07, 6.45) is 3.67. The second-order valence-corrected chi connectivity index (χ2v) is 9.87. The van der Waals surface area contributed by atoms with Gasteiger partial charge in [-0.15, -0.1) is 0 Å². The second-order valence-electron chi connectivity index (χ2n) is 9.87. The molecule has 2 saturated carbocycles. The summed E-state index contributed by atoms with van der Waals surface area (Å²) in [5, 5.41) is 3.26. The molecule has 30 heavy (non-hydrogen) atoms. The number of carbonyl (C=O) groups is 1. The molecule has 1 aliphatic heterocycles. The molecule has 1 unspecified atom stereocenters. The summed E-state index contributed by atoms with van der Waals surface area (Å²) in [6.45, 7) is 4.74. The first kappa shape index (κ1) is 21.5. The molecule has 6 heteroatoms. The van der Waals surface area contributed by atoms with Crippen LogP contribution in [-0.2, 0) is 16.4 Å². The van der Waals surface area contributed by atoms with Gasteiger partial charge in [-0.1, -0.05) is 19.9 Å². The maximum Gasteiger partial charge on any atom is 0.416 e. The molecule has 1 amide bonds. The van der Waals surface area contributed by atoms with Crippen LogP contribution in [0.2, 0.25) is 0 Å². The van der Waals surface area contributed by atoms with Crippen molar-refractivity contribution in [2.45, 2.75) is 82.8 Å². The third-order valence-corrected chi connectivity index (χ3v) is 7.85. The van der Waals surface area contributed by atoms with Crippen molar-refractivity contribution >= 4 is 5.91 Å². The van der Waals surface area contributed by atoms with E-state index in [2.05, 4.69) is 12.2 Å². The van der Waals surface area contributed by atoms with Crippen molar-refractivity contribution in [1.82, 2.24) is 5.32 Å². The van der Waals surface area contributed by atoms with Crippen molar-refractivity contribution in [2.75, 3.05) is 6.61 Å². The SMILES string of the molecule is CC(C(=O)N[C@H]1CC[C@H](C)CC1)C1CCC2(CC1)COc1cc(C(F)(F)F)ccc12. The number of fused-ring (bicyclic) bond motifs is 2. The van der Waals surface area contributed by atoms with Gasteiger partial charge in [0.05, 0.1) is 12.2 Å². The number of rotatable bonds is 3. The van der Waals surface area contributed by atoms with Crippen molar-refractivity contribution < 1.29 is 22.7 Å². The molecule has 0 radical (unpaired) electrons. The Morgan fingerprint density at radius 3 is 2.43 bits per heavy atom. The van der Waals surface area contributed by atoms with Gasteiger partial charge in [-0.2, -0.15) is 13.2 Å². The zero-order valence-corrected chi connectivity index (χ0v) is 17.9. The number of halogens is 3. The highest BCUT2D eigenvalue weighted by Gasteiger charge is 2.45. The van der Waals surface area contributed by atoms with Crippen molar-refractivity contribution in [2.24, 2.45) is 17.8 Å². The molecule has 1 aromatic rings. The fourth-order valence-corrected chi connectivity index (χ4v) is 5.61. The van der Waals surface area contributed by atoms with Gasteiger partial charge in [0.15, 0.2) is 0 Å². The molecule has 3 aliphatic rings. The molecule has 1 atom stereocenters. The first-order chi connectivity index (χ1) is 14.2. The summed E-state index contributed by atoms with van der Waals surface area (Å²) in [4.78, 5) is 12.8. The maximum absolute atomic E-state index is 13.0. The molecule has 0 aromatic heterocycles. The van der Waals surface area contributed by atoms with Gasteiger partial charge in [0, 0.05) is 22.9 Å². The average Bonchev–Trinajstić information content (AvgIpc) is 3.07. The Hall–Kier alpha value is -1.72. The summed E-state index contributed by atoms with van der Waals surface area (Å²) in [7, 11) is 0. The molecule has 2 aliphatic carbocycles. The van der Waals surface area contributed by atoms with Gasteiger partial charge in [0.2, 0.25) is 5.91 Å². The minimum atomic E-state index is -4.36. The predicted octanol–water partition coefficient (Wildman–Crippen LogP) is 5.86. The third-order valence-electron chi connectivity index (χ3n) is 7.85. The molecule has 1 spiro atoms. The monoisotopic (exact) mass is 423 g/mol. The quantitative estimate of drug-likeness (QED) is 0.662. The molecule has 0 saturated heterocycles. The van der Waals surface area contributed by atoms with E-state index < -0.39 is 11.7 Å². The third kappa shape index (κ3) is 4.19. The van der Waals surface area contributed by atoms with Crippen LogP contribution >= 0.6 is 0 Å². The molecule has 1 aromatic carbocycles. The lowest BCUT2D eigenvalue weighted by molar-refractivity contribution is -0.137. The van der Waals surface area contributed by atoms with Gasteiger partial charge in [-0.05, 0) is 75.3 Å². The van der Waals surface area contributed by atoms with E-state index >= 15 is 0 Å². The van der Waals surface area contributed by atoms with Crippen LogP contribution in [0.3, 0.4) is 0 Å². The average molecular weight is 424 g/mol. The van der Waals surface area contributed by atoms with Crippen LogP contribution in [0.5, 0.6) is 5.75 Å². The lowest BCUT2D eigenvalue weighted by Gasteiger charge is -2.38. The molecule has 1 heterocycles. The van der Waals surface area contributed by atoms with E-state index in [0.29, 0.717) is 24.3 Å². The van der Waals surface area contributed by atoms with Crippen molar-refractivity contribution in [1.29, 1.82) is 0 Å². The van der Waals surface area contributed by atoms with Crippen LogP contribution in [0.15, 0.2) is 18.2 Å². The smallest absolute Gasteiger partial charge is 0.416 e. The lowest BCUT2D eigenvalue weighted by Crippen LogP contribution is -2.43. The van der Waals surface area contributed by atoms with Crippen LogP contribution < -0.4 is 10.1 Å². The Morgan fingerprint density at radius 1 is 1.13 bits per heavy atom. The van der Waals surface area contributed by atoms with Crippen LogP contribution in [0.25, 0.3) is 0 Å². The van der Waals surface area contributed by atoms with Crippen LogP contribution in [0.1, 0.15) is 76.3 Å². The molecule has 3 nitrogen and oxygen atoms in total. The Bertz CT molecular complexity index is 775. The number of benzene rings is 1.